The molecular formula is C37H51N3O12. The number of methoxy groups -OCH3 is 1. The first-order valence-corrected chi connectivity index (χ1v) is 17.2. The van der Waals surface area contributed by atoms with E-state index in [9.17, 15) is 24.0 Å². The molecule has 3 rings (SSSR count). The van der Waals surface area contributed by atoms with Gasteiger partial charge < -0.3 is 49.1 Å². The molecule has 1 aliphatic carbocycles. The number of alkyl carbamates (subject to hydrolysis) is 1. The van der Waals surface area contributed by atoms with Crippen LogP contribution in [0.5, 0.6) is 0 Å². The maximum absolute atomic E-state index is 13.0. The van der Waals surface area contributed by atoms with Crippen molar-refractivity contribution >= 4 is 29.8 Å². The lowest BCUT2D eigenvalue weighted by atomic mass is 9.98. The Balaban J connectivity index is 1.28. The Morgan fingerprint density at radius 2 is 1.25 bits per heavy atom. The molecule has 0 spiro atoms. The normalized spacial score (nSPS) is 12.6. The van der Waals surface area contributed by atoms with E-state index in [0.717, 1.165) is 22.3 Å². The van der Waals surface area contributed by atoms with Crippen LogP contribution in [0.1, 0.15) is 50.7 Å². The van der Waals surface area contributed by atoms with Crippen LogP contribution in [0.15, 0.2) is 48.5 Å². The number of hydrogen-bond acceptors (Lipinski definition) is 12. The van der Waals surface area contributed by atoms with Crippen molar-refractivity contribution in [2.24, 2.45) is 0 Å². The summed E-state index contributed by atoms with van der Waals surface area (Å²) in [6.45, 7) is 6.82. The van der Waals surface area contributed by atoms with Crippen LogP contribution in [0.4, 0.5) is 4.79 Å². The first-order chi connectivity index (χ1) is 25.0. The van der Waals surface area contributed by atoms with Gasteiger partial charge >= 0.3 is 18.0 Å². The van der Waals surface area contributed by atoms with E-state index in [-0.39, 0.29) is 96.6 Å². The quantitative estimate of drug-likeness (QED) is 0.0864. The first-order valence-electron chi connectivity index (χ1n) is 17.2. The summed E-state index contributed by atoms with van der Waals surface area (Å²) in [5, 5.41) is 7.95. The predicted octanol–water partition coefficient (Wildman–Crippen LogP) is 2.49. The molecule has 0 aliphatic heterocycles. The van der Waals surface area contributed by atoms with Gasteiger partial charge in [0.05, 0.1) is 46.8 Å². The van der Waals surface area contributed by atoms with Crippen LogP contribution in [0.3, 0.4) is 0 Å². The van der Waals surface area contributed by atoms with Crippen LogP contribution in [0, 0.1) is 0 Å². The summed E-state index contributed by atoms with van der Waals surface area (Å²) in [4.78, 5) is 61.2. The fourth-order valence-electron chi connectivity index (χ4n) is 5.16. The maximum Gasteiger partial charge on any atom is 0.407 e. The SMILES string of the molecule is COC(=O)COCCOCCNC(=O)COCCOCCNC(=O)CC[C@H](NC(=O)OCC1c2ccccc2-c2ccccc21)C(=O)OC(C)(C)C. The third-order valence-electron chi connectivity index (χ3n) is 7.55. The number of ether oxygens (including phenoxy) is 7. The van der Waals surface area contributed by atoms with Gasteiger partial charge in [0, 0.05) is 25.4 Å². The highest BCUT2D eigenvalue weighted by atomic mass is 16.6. The van der Waals surface area contributed by atoms with Crippen molar-refractivity contribution in [3.8, 4) is 11.1 Å². The average molecular weight is 730 g/mol. The van der Waals surface area contributed by atoms with Crippen LogP contribution in [-0.4, -0.2) is 121 Å². The van der Waals surface area contributed by atoms with Gasteiger partial charge in [0.25, 0.3) is 0 Å². The lowest BCUT2D eigenvalue weighted by Crippen LogP contribution is -2.45. The van der Waals surface area contributed by atoms with E-state index in [2.05, 4.69) is 20.7 Å². The number of benzene rings is 2. The molecule has 0 saturated carbocycles. The van der Waals surface area contributed by atoms with Crippen LogP contribution in [0.25, 0.3) is 11.1 Å². The van der Waals surface area contributed by atoms with Gasteiger partial charge in [0.2, 0.25) is 11.8 Å². The first kappa shape index (κ1) is 41.8. The van der Waals surface area contributed by atoms with Gasteiger partial charge in [-0.3, -0.25) is 9.59 Å². The van der Waals surface area contributed by atoms with E-state index in [1.165, 1.54) is 7.11 Å². The fourth-order valence-corrected chi connectivity index (χ4v) is 5.16. The van der Waals surface area contributed by atoms with Crippen LogP contribution in [0.2, 0.25) is 0 Å². The maximum atomic E-state index is 13.0. The molecule has 0 heterocycles. The van der Waals surface area contributed by atoms with Crippen molar-refractivity contribution in [1.82, 2.24) is 16.0 Å². The highest BCUT2D eigenvalue weighted by molar-refractivity contribution is 5.83. The van der Waals surface area contributed by atoms with Gasteiger partial charge in [-0.1, -0.05) is 48.5 Å². The molecule has 2 aromatic rings. The molecule has 0 fully saturated rings. The third-order valence-corrected chi connectivity index (χ3v) is 7.55. The molecule has 0 unspecified atom stereocenters. The summed E-state index contributed by atoms with van der Waals surface area (Å²) in [7, 11) is 1.28. The van der Waals surface area contributed by atoms with E-state index >= 15 is 0 Å². The summed E-state index contributed by atoms with van der Waals surface area (Å²) in [5.41, 5.74) is 3.52. The molecule has 15 nitrogen and oxygen atoms in total. The number of carbonyl (C=O) groups is 5. The number of nitrogens with one attached hydrogen (secondary N) is 3. The molecule has 1 aliphatic rings. The highest BCUT2D eigenvalue weighted by Gasteiger charge is 2.31. The van der Waals surface area contributed by atoms with Crippen LogP contribution in [-0.2, 0) is 52.3 Å². The minimum Gasteiger partial charge on any atom is -0.467 e. The monoisotopic (exact) mass is 729 g/mol. The van der Waals surface area contributed by atoms with E-state index in [1.807, 2.05) is 48.5 Å². The zero-order valence-electron chi connectivity index (χ0n) is 30.4. The molecule has 52 heavy (non-hydrogen) atoms. The second-order valence-corrected chi connectivity index (χ2v) is 12.7. The molecule has 0 radical (unpaired) electrons. The number of fused-ring (bicyclic) bond motifs is 3. The third kappa shape index (κ3) is 15.4. The van der Waals surface area contributed by atoms with E-state index < -0.39 is 29.7 Å². The second-order valence-electron chi connectivity index (χ2n) is 12.7. The van der Waals surface area contributed by atoms with Crippen LogP contribution < -0.4 is 16.0 Å². The minimum atomic E-state index is -1.10. The molecule has 2 aromatic carbocycles. The smallest absolute Gasteiger partial charge is 0.407 e. The number of hydrogen-bond donors (Lipinski definition) is 3. The molecule has 3 N–H and O–H groups in total. The van der Waals surface area contributed by atoms with Gasteiger partial charge in [0.1, 0.15) is 31.5 Å². The number of amides is 3. The predicted molar refractivity (Wildman–Crippen MR) is 188 cm³/mol. The molecular weight excluding hydrogens is 678 g/mol. The molecule has 0 saturated heterocycles. The number of esters is 2. The summed E-state index contributed by atoms with van der Waals surface area (Å²) in [5.74, 6) is -1.93. The summed E-state index contributed by atoms with van der Waals surface area (Å²) >= 11 is 0. The summed E-state index contributed by atoms with van der Waals surface area (Å²) < 4.78 is 36.6. The molecule has 15 heteroatoms. The Morgan fingerprint density at radius 1 is 0.712 bits per heavy atom. The van der Waals surface area contributed by atoms with Gasteiger partial charge in [-0.2, -0.15) is 0 Å². The van der Waals surface area contributed by atoms with Gasteiger partial charge in [-0.25, -0.2) is 14.4 Å². The van der Waals surface area contributed by atoms with Gasteiger partial charge in [-0.15, -0.1) is 0 Å². The topological polar surface area (TPSA) is 186 Å². The number of carbonyl (C=O) groups excluding carboxylic acids is 5. The molecule has 0 aromatic heterocycles. The Labute approximate surface area is 304 Å². The fraction of sp³-hybridized carbons (Fsp3) is 0.541. The van der Waals surface area contributed by atoms with Crippen molar-refractivity contribution in [3.05, 3.63) is 59.7 Å². The van der Waals surface area contributed by atoms with Crippen molar-refractivity contribution in [2.75, 3.05) is 79.7 Å². The van der Waals surface area contributed by atoms with E-state index in [4.69, 9.17) is 28.4 Å². The zero-order valence-corrected chi connectivity index (χ0v) is 30.4. The van der Waals surface area contributed by atoms with E-state index in [0.29, 0.717) is 6.54 Å². The van der Waals surface area contributed by atoms with Crippen LogP contribution >= 0.6 is 0 Å². The standard InChI is InChI=1S/C37H51N3O12/c1-37(2,3)52-35(44)31(40-36(45)51-23-30-28-11-7-5-9-26(28)27-10-6-8-12-29(27)30)13-14-32(41)38-15-17-47-19-21-49-24-33(42)39-16-18-48-20-22-50-25-34(43)46-4/h5-12,30-31H,13-25H2,1-4H3,(H,38,41)(H,39,42)(H,40,45)/t31-/m0/s1. The lowest BCUT2D eigenvalue weighted by molar-refractivity contribution is -0.157. The molecule has 1 atom stereocenters. The Hall–Kier alpha value is -4.57. The lowest BCUT2D eigenvalue weighted by Gasteiger charge is -2.24. The average Bonchev–Trinajstić information content (AvgIpc) is 3.43. The van der Waals surface area contributed by atoms with Gasteiger partial charge in [-0.05, 0) is 49.4 Å². The highest BCUT2D eigenvalue weighted by Crippen LogP contribution is 2.44. The molecule has 286 valence electrons. The second kappa shape index (κ2) is 22.4. The van der Waals surface area contributed by atoms with Crippen molar-refractivity contribution in [1.29, 1.82) is 0 Å². The summed E-state index contributed by atoms with van der Waals surface area (Å²) in [6, 6.07) is 14.9. The van der Waals surface area contributed by atoms with Crippen molar-refractivity contribution < 1.29 is 57.1 Å². The van der Waals surface area contributed by atoms with Crippen molar-refractivity contribution in [3.63, 3.8) is 0 Å². The number of rotatable bonds is 23. The largest absolute Gasteiger partial charge is 0.467 e. The Morgan fingerprint density at radius 3 is 1.83 bits per heavy atom. The Kier molecular flexibility index (Phi) is 18.0. The minimum absolute atomic E-state index is 0.000704. The summed E-state index contributed by atoms with van der Waals surface area (Å²) in [6.07, 6.45) is -0.837. The molecule has 3 amide bonds. The zero-order chi connectivity index (χ0) is 37.8. The Bertz CT molecular complexity index is 1420. The van der Waals surface area contributed by atoms with Crippen molar-refractivity contribution in [2.45, 2.75) is 51.2 Å². The van der Waals surface area contributed by atoms with E-state index in [1.54, 1.807) is 20.8 Å². The van der Waals surface area contributed by atoms with Gasteiger partial charge in [0.15, 0.2) is 0 Å². The molecule has 0 bridgehead atoms.